The van der Waals surface area contributed by atoms with Crippen LogP contribution >= 0.6 is 0 Å². The molecule has 2 nitrogen and oxygen atoms in total. The van der Waals surface area contributed by atoms with E-state index in [2.05, 4.69) is 6.92 Å². The maximum absolute atomic E-state index is 10.2. The second-order valence-electron chi connectivity index (χ2n) is 3.12. The molecule has 0 heterocycles. The third-order valence-corrected chi connectivity index (χ3v) is 1.71. The summed E-state index contributed by atoms with van der Waals surface area (Å²) in [4.78, 5) is 10.2. The minimum absolute atomic E-state index is 0.795. The van der Waals surface area contributed by atoms with Crippen LogP contribution in [0, 0.1) is 0 Å². The van der Waals surface area contributed by atoms with Gasteiger partial charge in [-0.3, -0.25) is 0 Å². The number of hydrogen-bond donors (Lipinski definition) is 1. The Kier molecular flexibility index (Phi) is 6.98. The highest BCUT2D eigenvalue weighted by Crippen LogP contribution is 2.02. The Morgan fingerprint density at radius 3 is 2.62 bits per heavy atom. The van der Waals surface area contributed by atoms with Crippen LogP contribution in [0.2, 0.25) is 0 Å². The lowest BCUT2D eigenvalue weighted by Gasteiger charge is -1.92. The van der Waals surface area contributed by atoms with Crippen LogP contribution in [0.15, 0.2) is 23.8 Å². The molecule has 0 aromatic carbocycles. The van der Waals surface area contributed by atoms with Crippen LogP contribution in [-0.2, 0) is 4.79 Å². The van der Waals surface area contributed by atoms with Gasteiger partial charge in [0.25, 0.3) is 0 Å². The van der Waals surface area contributed by atoms with Crippen molar-refractivity contribution in [1.29, 1.82) is 0 Å². The van der Waals surface area contributed by atoms with Gasteiger partial charge >= 0.3 is 5.97 Å². The molecular formula is C11H18O2. The Hall–Kier alpha value is -1.05. The largest absolute Gasteiger partial charge is 0.478 e. The lowest BCUT2D eigenvalue weighted by Crippen LogP contribution is -1.87. The van der Waals surface area contributed by atoms with E-state index >= 15 is 0 Å². The number of allylic oxidation sites excluding steroid dienone is 3. The van der Waals surface area contributed by atoms with Gasteiger partial charge in [0.1, 0.15) is 0 Å². The van der Waals surface area contributed by atoms with Gasteiger partial charge in [0.2, 0.25) is 0 Å². The van der Waals surface area contributed by atoms with Gasteiger partial charge in [-0.1, -0.05) is 31.9 Å². The van der Waals surface area contributed by atoms with E-state index < -0.39 is 5.97 Å². The third kappa shape index (κ3) is 8.86. The first-order chi connectivity index (χ1) is 6.16. The highest BCUT2D eigenvalue weighted by atomic mass is 16.4. The van der Waals surface area contributed by atoms with Crippen LogP contribution < -0.4 is 0 Å². The van der Waals surface area contributed by atoms with E-state index in [4.69, 9.17) is 5.11 Å². The van der Waals surface area contributed by atoms with Crippen molar-refractivity contribution in [2.24, 2.45) is 0 Å². The molecule has 0 amide bonds. The monoisotopic (exact) mass is 182 g/mol. The van der Waals surface area contributed by atoms with Crippen molar-refractivity contribution in [2.75, 3.05) is 0 Å². The van der Waals surface area contributed by atoms with Crippen LogP contribution in [-0.4, -0.2) is 11.1 Å². The molecule has 0 fully saturated rings. The number of hydrogen-bond acceptors (Lipinski definition) is 1. The number of carboxylic acids is 1. The average molecular weight is 182 g/mol. The molecule has 74 valence electrons. The van der Waals surface area contributed by atoms with E-state index in [1.807, 2.05) is 12.2 Å². The molecule has 2 heteroatoms. The highest BCUT2D eigenvalue weighted by molar-refractivity contribution is 5.81. The molecule has 0 saturated carbocycles. The minimum Gasteiger partial charge on any atom is -0.478 e. The summed E-state index contributed by atoms with van der Waals surface area (Å²) in [7, 11) is 0. The van der Waals surface area contributed by atoms with Crippen LogP contribution in [0.4, 0.5) is 0 Å². The zero-order valence-corrected chi connectivity index (χ0v) is 8.42. The summed E-state index contributed by atoms with van der Waals surface area (Å²) >= 11 is 0. The van der Waals surface area contributed by atoms with Crippen LogP contribution in [0.3, 0.4) is 0 Å². The van der Waals surface area contributed by atoms with Gasteiger partial charge in [-0.2, -0.15) is 0 Å². The summed E-state index contributed by atoms with van der Waals surface area (Å²) in [5, 5.41) is 8.41. The Labute approximate surface area is 80.0 Å². The molecule has 0 radical (unpaired) electrons. The lowest BCUT2D eigenvalue weighted by atomic mass is 10.1. The van der Waals surface area contributed by atoms with Gasteiger partial charge in [-0.05, 0) is 25.3 Å². The topological polar surface area (TPSA) is 37.3 Å². The van der Waals surface area contributed by atoms with Crippen molar-refractivity contribution in [3.63, 3.8) is 0 Å². The second kappa shape index (κ2) is 7.59. The fourth-order valence-corrected chi connectivity index (χ4v) is 1.02. The smallest absolute Gasteiger partial charge is 0.328 e. The van der Waals surface area contributed by atoms with Gasteiger partial charge < -0.3 is 5.11 Å². The van der Waals surface area contributed by atoms with E-state index in [1.165, 1.54) is 25.3 Å². The number of unbranched alkanes of at least 4 members (excludes halogenated alkanes) is 3. The fourth-order valence-electron chi connectivity index (χ4n) is 1.02. The zero-order valence-electron chi connectivity index (χ0n) is 8.42. The molecule has 0 bridgehead atoms. The first kappa shape index (κ1) is 11.9. The molecule has 0 unspecified atom stereocenters. The molecule has 0 aliphatic heterocycles. The molecule has 0 saturated heterocycles. The van der Waals surface area contributed by atoms with Crippen molar-refractivity contribution in [1.82, 2.24) is 0 Å². The number of carbonyl (C=O) groups is 1. The first-order valence-corrected chi connectivity index (χ1v) is 4.74. The summed E-state index contributed by atoms with van der Waals surface area (Å²) in [6.07, 6.45) is 9.81. The molecule has 0 atom stereocenters. The molecule has 0 spiro atoms. The van der Waals surface area contributed by atoms with Crippen molar-refractivity contribution >= 4 is 5.97 Å². The highest BCUT2D eigenvalue weighted by Gasteiger charge is 1.88. The van der Waals surface area contributed by atoms with Gasteiger partial charge in [0, 0.05) is 6.08 Å². The van der Waals surface area contributed by atoms with E-state index in [1.54, 1.807) is 6.92 Å². The fraction of sp³-hybridized carbons (Fsp3) is 0.545. The standard InChI is InChI=1S/C11H18O2/c1-3-4-5-6-7-8-10(2)9-11(12)13/h7-9H,3-6H2,1-2H3,(H,12,13). The second-order valence-corrected chi connectivity index (χ2v) is 3.12. The van der Waals surface area contributed by atoms with Crippen molar-refractivity contribution in [2.45, 2.75) is 39.5 Å². The Morgan fingerprint density at radius 2 is 2.08 bits per heavy atom. The molecule has 13 heavy (non-hydrogen) atoms. The molecule has 0 aromatic rings. The summed E-state index contributed by atoms with van der Waals surface area (Å²) in [5.41, 5.74) is 0.795. The SMILES string of the molecule is CCCCCC=CC(C)=CC(=O)O. The van der Waals surface area contributed by atoms with Gasteiger partial charge in [0.15, 0.2) is 0 Å². The van der Waals surface area contributed by atoms with E-state index in [0.717, 1.165) is 12.0 Å². The number of rotatable bonds is 6. The molecule has 0 rings (SSSR count). The predicted molar refractivity (Wildman–Crippen MR) is 54.7 cm³/mol. The summed E-state index contributed by atoms with van der Waals surface area (Å²) in [6, 6.07) is 0. The Morgan fingerprint density at radius 1 is 1.38 bits per heavy atom. The van der Waals surface area contributed by atoms with E-state index in [0.29, 0.717) is 0 Å². The quantitative estimate of drug-likeness (QED) is 0.389. The Bertz CT molecular complexity index is 202. The number of aliphatic carboxylic acids is 1. The summed E-state index contributed by atoms with van der Waals surface area (Å²) in [6.45, 7) is 3.96. The van der Waals surface area contributed by atoms with Gasteiger partial charge in [-0.25, -0.2) is 4.79 Å². The lowest BCUT2D eigenvalue weighted by molar-refractivity contribution is -0.131. The molecule has 0 aromatic heterocycles. The summed E-state index contributed by atoms with van der Waals surface area (Å²) < 4.78 is 0. The van der Waals surface area contributed by atoms with Crippen molar-refractivity contribution in [3.05, 3.63) is 23.8 Å². The van der Waals surface area contributed by atoms with Gasteiger partial charge in [0.05, 0.1) is 0 Å². The van der Waals surface area contributed by atoms with Crippen molar-refractivity contribution in [3.8, 4) is 0 Å². The van der Waals surface area contributed by atoms with E-state index in [-0.39, 0.29) is 0 Å². The molecule has 0 aliphatic rings. The summed E-state index contributed by atoms with van der Waals surface area (Å²) in [5.74, 6) is -0.879. The predicted octanol–water partition coefficient (Wildman–Crippen LogP) is 3.15. The maximum atomic E-state index is 10.2. The van der Waals surface area contributed by atoms with Crippen LogP contribution in [0.25, 0.3) is 0 Å². The zero-order chi connectivity index (χ0) is 10.1. The normalized spacial score (nSPS) is 12.3. The Balaban J connectivity index is 3.65. The van der Waals surface area contributed by atoms with Gasteiger partial charge in [-0.15, -0.1) is 0 Å². The molecule has 1 N–H and O–H groups in total. The van der Waals surface area contributed by atoms with Crippen molar-refractivity contribution < 1.29 is 9.90 Å². The molecule has 0 aliphatic carbocycles. The average Bonchev–Trinajstić information content (AvgIpc) is 2.02. The maximum Gasteiger partial charge on any atom is 0.328 e. The van der Waals surface area contributed by atoms with E-state index in [9.17, 15) is 4.79 Å². The van der Waals surface area contributed by atoms with Crippen LogP contribution in [0.5, 0.6) is 0 Å². The molecular weight excluding hydrogens is 164 g/mol. The van der Waals surface area contributed by atoms with Crippen LogP contribution in [0.1, 0.15) is 39.5 Å². The first-order valence-electron chi connectivity index (χ1n) is 4.74. The third-order valence-electron chi connectivity index (χ3n) is 1.71. The minimum atomic E-state index is -0.879. The number of carboxylic acid groups (broad SMARTS) is 1.